The largest absolute Gasteiger partial charge is 0.355 e. The Morgan fingerprint density at radius 2 is 2.00 bits per heavy atom. The Balaban J connectivity index is 1.70. The van der Waals surface area contributed by atoms with E-state index in [9.17, 15) is 14.9 Å². The molecule has 0 aliphatic heterocycles. The maximum Gasteiger partial charge on any atom is 0.273 e. The van der Waals surface area contributed by atoms with Gasteiger partial charge in [-0.05, 0) is 12.8 Å². The summed E-state index contributed by atoms with van der Waals surface area (Å²) in [5.41, 5.74) is 0.471. The summed E-state index contributed by atoms with van der Waals surface area (Å²) >= 11 is 1.93. The van der Waals surface area contributed by atoms with Crippen molar-refractivity contribution in [1.82, 2.24) is 5.32 Å². The van der Waals surface area contributed by atoms with Crippen LogP contribution in [0.2, 0.25) is 0 Å². The zero-order chi connectivity index (χ0) is 15.8. The molecule has 1 aliphatic carbocycles. The first kappa shape index (κ1) is 16.8. The van der Waals surface area contributed by atoms with E-state index in [1.807, 2.05) is 11.8 Å². The van der Waals surface area contributed by atoms with E-state index in [0.29, 0.717) is 12.1 Å². The van der Waals surface area contributed by atoms with Gasteiger partial charge >= 0.3 is 0 Å². The standard InChI is InChI=1S/C16H22N2O3S/c19-16(12-13-6-4-5-9-15(13)18(20)21)17-10-11-22-14-7-2-1-3-8-14/h4-6,9,14H,1-3,7-8,10-12H2,(H,17,19). The van der Waals surface area contributed by atoms with Gasteiger partial charge in [-0.3, -0.25) is 14.9 Å². The van der Waals surface area contributed by atoms with Crippen molar-refractivity contribution < 1.29 is 9.72 Å². The summed E-state index contributed by atoms with van der Waals surface area (Å²) < 4.78 is 0. The minimum Gasteiger partial charge on any atom is -0.355 e. The number of hydrogen-bond donors (Lipinski definition) is 1. The number of carbonyl (C=O) groups excluding carboxylic acids is 1. The van der Waals surface area contributed by atoms with Crippen LogP contribution in [0, 0.1) is 10.1 Å². The maximum absolute atomic E-state index is 11.9. The second-order valence-corrected chi connectivity index (χ2v) is 6.95. The van der Waals surface area contributed by atoms with Crippen LogP contribution >= 0.6 is 11.8 Å². The predicted octanol–water partition coefficient (Wildman–Crippen LogP) is 3.32. The second kappa shape index (κ2) is 8.78. The van der Waals surface area contributed by atoms with E-state index in [4.69, 9.17) is 0 Å². The fourth-order valence-electron chi connectivity index (χ4n) is 2.72. The molecule has 0 radical (unpaired) electrons. The number of nitrogens with one attached hydrogen (secondary N) is 1. The number of thioether (sulfide) groups is 1. The minimum absolute atomic E-state index is 0.00855. The summed E-state index contributed by atoms with van der Waals surface area (Å²) in [7, 11) is 0. The van der Waals surface area contributed by atoms with Crippen LogP contribution in [0.25, 0.3) is 0 Å². The number of nitro groups is 1. The maximum atomic E-state index is 11.9. The molecule has 0 saturated heterocycles. The molecule has 0 bridgehead atoms. The van der Waals surface area contributed by atoms with Gasteiger partial charge in [-0.2, -0.15) is 11.8 Å². The van der Waals surface area contributed by atoms with Crippen molar-refractivity contribution in [2.24, 2.45) is 0 Å². The van der Waals surface area contributed by atoms with Crippen LogP contribution in [-0.4, -0.2) is 28.4 Å². The van der Waals surface area contributed by atoms with E-state index >= 15 is 0 Å². The van der Waals surface area contributed by atoms with Crippen LogP contribution in [0.3, 0.4) is 0 Å². The molecule has 0 spiro atoms. The lowest BCUT2D eigenvalue weighted by Gasteiger charge is -2.20. The van der Waals surface area contributed by atoms with Gasteiger partial charge in [0.25, 0.3) is 5.69 Å². The Morgan fingerprint density at radius 3 is 2.73 bits per heavy atom. The number of hydrogen-bond acceptors (Lipinski definition) is 4. The van der Waals surface area contributed by atoms with E-state index in [0.717, 1.165) is 11.0 Å². The number of amides is 1. The summed E-state index contributed by atoms with van der Waals surface area (Å²) in [6.07, 6.45) is 6.63. The molecular weight excluding hydrogens is 300 g/mol. The molecule has 5 nitrogen and oxygen atoms in total. The summed E-state index contributed by atoms with van der Waals surface area (Å²) in [6, 6.07) is 6.39. The number of carbonyl (C=O) groups is 1. The fourth-order valence-corrected chi connectivity index (χ4v) is 3.94. The van der Waals surface area contributed by atoms with E-state index in [-0.39, 0.29) is 18.0 Å². The lowest BCUT2D eigenvalue weighted by atomic mass is 10.0. The van der Waals surface area contributed by atoms with Gasteiger partial charge in [0, 0.05) is 29.2 Å². The van der Waals surface area contributed by atoms with E-state index in [1.165, 1.54) is 38.2 Å². The van der Waals surface area contributed by atoms with Crippen molar-refractivity contribution in [2.45, 2.75) is 43.8 Å². The Labute approximate surface area is 135 Å². The Hall–Kier alpha value is -1.56. The lowest BCUT2D eigenvalue weighted by Crippen LogP contribution is -2.28. The van der Waals surface area contributed by atoms with Gasteiger partial charge < -0.3 is 5.32 Å². The average molecular weight is 322 g/mol. The van der Waals surface area contributed by atoms with Crippen molar-refractivity contribution in [3.8, 4) is 0 Å². The van der Waals surface area contributed by atoms with Crippen LogP contribution < -0.4 is 5.32 Å². The average Bonchev–Trinajstić information content (AvgIpc) is 2.53. The topological polar surface area (TPSA) is 72.2 Å². The predicted molar refractivity (Wildman–Crippen MR) is 89.1 cm³/mol. The highest BCUT2D eigenvalue weighted by Crippen LogP contribution is 2.27. The molecule has 0 unspecified atom stereocenters. The highest BCUT2D eigenvalue weighted by atomic mass is 32.2. The molecule has 1 aliphatic rings. The van der Waals surface area contributed by atoms with Gasteiger partial charge in [-0.1, -0.05) is 37.5 Å². The molecule has 1 amide bonds. The molecule has 120 valence electrons. The first-order chi connectivity index (χ1) is 10.7. The smallest absolute Gasteiger partial charge is 0.273 e. The number of nitrogens with zero attached hydrogens (tertiary/aromatic N) is 1. The van der Waals surface area contributed by atoms with Crippen LogP contribution in [-0.2, 0) is 11.2 Å². The summed E-state index contributed by atoms with van der Waals surface area (Å²) in [5, 5.41) is 14.5. The van der Waals surface area contributed by atoms with Crippen molar-refractivity contribution >= 4 is 23.4 Å². The zero-order valence-electron chi connectivity index (χ0n) is 12.6. The summed E-state index contributed by atoms with van der Waals surface area (Å²) in [5.74, 6) is 0.756. The number of rotatable bonds is 7. The molecule has 1 aromatic carbocycles. The van der Waals surface area contributed by atoms with E-state index in [2.05, 4.69) is 5.32 Å². The SMILES string of the molecule is O=C(Cc1ccccc1[N+](=O)[O-])NCCSC1CCCCC1. The number of para-hydroxylation sites is 1. The van der Waals surface area contributed by atoms with Crippen LogP contribution in [0.15, 0.2) is 24.3 Å². The van der Waals surface area contributed by atoms with Crippen LogP contribution in [0.4, 0.5) is 5.69 Å². The Morgan fingerprint density at radius 1 is 1.27 bits per heavy atom. The second-order valence-electron chi connectivity index (χ2n) is 5.54. The van der Waals surface area contributed by atoms with E-state index in [1.54, 1.807) is 18.2 Å². The Bertz CT molecular complexity index is 516. The van der Waals surface area contributed by atoms with Crippen molar-refractivity contribution in [3.05, 3.63) is 39.9 Å². The highest BCUT2D eigenvalue weighted by molar-refractivity contribution is 7.99. The zero-order valence-corrected chi connectivity index (χ0v) is 13.4. The third-order valence-electron chi connectivity index (χ3n) is 3.87. The van der Waals surface area contributed by atoms with Gasteiger partial charge in [0.2, 0.25) is 5.91 Å². The monoisotopic (exact) mass is 322 g/mol. The third-order valence-corrected chi connectivity index (χ3v) is 5.25. The Kier molecular flexibility index (Phi) is 6.71. The molecule has 1 aromatic rings. The van der Waals surface area contributed by atoms with Crippen molar-refractivity contribution in [3.63, 3.8) is 0 Å². The van der Waals surface area contributed by atoms with Crippen LogP contribution in [0.1, 0.15) is 37.7 Å². The molecule has 0 heterocycles. The van der Waals surface area contributed by atoms with Gasteiger partial charge in [0.15, 0.2) is 0 Å². The van der Waals surface area contributed by atoms with Crippen molar-refractivity contribution in [2.75, 3.05) is 12.3 Å². The molecule has 0 atom stereocenters. The summed E-state index contributed by atoms with van der Waals surface area (Å²) in [4.78, 5) is 22.4. The van der Waals surface area contributed by atoms with E-state index < -0.39 is 4.92 Å². The first-order valence-electron chi connectivity index (χ1n) is 7.77. The molecule has 1 N–H and O–H groups in total. The fraction of sp³-hybridized carbons (Fsp3) is 0.562. The molecule has 22 heavy (non-hydrogen) atoms. The molecule has 0 aromatic heterocycles. The molecule has 1 saturated carbocycles. The van der Waals surface area contributed by atoms with Gasteiger partial charge in [-0.15, -0.1) is 0 Å². The first-order valence-corrected chi connectivity index (χ1v) is 8.82. The molecule has 1 fully saturated rings. The molecule has 2 rings (SSSR count). The van der Waals surface area contributed by atoms with Gasteiger partial charge in [0.05, 0.1) is 11.3 Å². The quantitative estimate of drug-likeness (QED) is 0.475. The number of benzene rings is 1. The minimum atomic E-state index is -0.443. The lowest BCUT2D eigenvalue weighted by molar-refractivity contribution is -0.385. The molecule has 6 heteroatoms. The van der Waals surface area contributed by atoms with Gasteiger partial charge in [-0.25, -0.2) is 0 Å². The highest BCUT2D eigenvalue weighted by Gasteiger charge is 2.16. The van der Waals surface area contributed by atoms with Gasteiger partial charge in [0.1, 0.15) is 0 Å². The van der Waals surface area contributed by atoms with Crippen molar-refractivity contribution in [1.29, 1.82) is 0 Å². The number of nitro benzene ring substituents is 1. The summed E-state index contributed by atoms with van der Waals surface area (Å²) in [6.45, 7) is 0.626. The van der Waals surface area contributed by atoms with Crippen LogP contribution in [0.5, 0.6) is 0 Å². The molecular formula is C16H22N2O3S. The third kappa shape index (κ3) is 5.33. The normalized spacial score (nSPS) is 15.5.